The van der Waals surface area contributed by atoms with Crippen molar-refractivity contribution in [1.29, 1.82) is 0 Å². The highest BCUT2D eigenvalue weighted by molar-refractivity contribution is 7.99. The Balaban J connectivity index is 1.79. The summed E-state index contributed by atoms with van der Waals surface area (Å²) < 4.78 is 33.5. The monoisotopic (exact) mass is 390 g/mol. The van der Waals surface area contributed by atoms with Crippen molar-refractivity contribution in [1.82, 2.24) is 0 Å². The Hall–Kier alpha value is -2.19. The predicted molar refractivity (Wildman–Crippen MR) is 102 cm³/mol. The van der Waals surface area contributed by atoms with E-state index in [2.05, 4.69) is 0 Å². The standard InChI is InChI=1S/C18H18N2O4S2/c1-13(21)19-9-11-25-18-7-6-14(12-16(18)19)26(22,23)20-8-10-24-17-5-3-2-4-15(17)20/h2-7,12H,8-11H2,1H3. The van der Waals surface area contributed by atoms with E-state index in [4.69, 9.17) is 4.74 Å². The molecule has 0 saturated carbocycles. The number of para-hydroxylation sites is 2. The molecule has 2 heterocycles. The third-order valence-corrected chi connectivity index (χ3v) is 7.30. The van der Waals surface area contributed by atoms with Gasteiger partial charge < -0.3 is 9.64 Å². The van der Waals surface area contributed by atoms with Crippen molar-refractivity contribution >= 4 is 39.1 Å². The van der Waals surface area contributed by atoms with Crippen molar-refractivity contribution in [2.24, 2.45) is 0 Å². The van der Waals surface area contributed by atoms with Crippen LogP contribution in [-0.4, -0.2) is 39.8 Å². The number of hydrogen-bond acceptors (Lipinski definition) is 5. The second-order valence-corrected chi connectivity index (χ2v) is 9.04. The van der Waals surface area contributed by atoms with Gasteiger partial charge in [0.05, 0.1) is 22.8 Å². The molecule has 136 valence electrons. The molecule has 2 aromatic carbocycles. The summed E-state index contributed by atoms with van der Waals surface area (Å²) in [6, 6.07) is 12.1. The molecule has 0 atom stereocenters. The first-order valence-electron chi connectivity index (χ1n) is 8.28. The highest BCUT2D eigenvalue weighted by Crippen LogP contribution is 2.39. The molecule has 0 N–H and O–H groups in total. The number of nitrogens with zero attached hydrogens (tertiary/aromatic N) is 2. The van der Waals surface area contributed by atoms with Gasteiger partial charge >= 0.3 is 0 Å². The Morgan fingerprint density at radius 3 is 2.73 bits per heavy atom. The summed E-state index contributed by atoms with van der Waals surface area (Å²) in [6.07, 6.45) is 0. The number of ether oxygens (including phenoxy) is 1. The fraction of sp³-hybridized carbons (Fsp3) is 0.278. The largest absolute Gasteiger partial charge is 0.489 e. The molecule has 1 amide bonds. The van der Waals surface area contributed by atoms with Crippen molar-refractivity contribution < 1.29 is 17.9 Å². The molecule has 8 heteroatoms. The van der Waals surface area contributed by atoms with Crippen LogP contribution in [0.2, 0.25) is 0 Å². The lowest BCUT2D eigenvalue weighted by Gasteiger charge is -2.32. The lowest BCUT2D eigenvalue weighted by atomic mass is 10.2. The second-order valence-electron chi connectivity index (χ2n) is 6.04. The molecule has 0 saturated heterocycles. The van der Waals surface area contributed by atoms with Crippen LogP contribution in [0.1, 0.15) is 6.92 Å². The smallest absolute Gasteiger partial charge is 0.264 e. The molecule has 0 fully saturated rings. The van der Waals surface area contributed by atoms with Crippen molar-refractivity contribution in [3.05, 3.63) is 42.5 Å². The maximum atomic E-state index is 13.3. The normalized spacial score (nSPS) is 16.5. The van der Waals surface area contributed by atoms with E-state index in [9.17, 15) is 13.2 Å². The van der Waals surface area contributed by atoms with Crippen LogP contribution in [0.5, 0.6) is 5.75 Å². The molecule has 0 unspecified atom stereocenters. The number of fused-ring (bicyclic) bond motifs is 2. The van der Waals surface area contributed by atoms with Crippen molar-refractivity contribution in [3.8, 4) is 5.75 Å². The van der Waals surface area contributed by atoms with Gasteiger partial charge in [0.25, 0.3) is 10.0 Å². The van der Waals surface area contributed by atoms with E-state index in [0.717, 1.165) is 10.6 Å². The van der Waals surface area contributed by atoms with Gasteiger partial charge in [-0.15, -0.1) is 11.8 Å². The van der Waals surface area contributed by atoms with Crippen LogP contribution < -0.4 is 13.9 Å². The molecule has 2 aliphatic heterocycles. The van der Waals surface area contributed by atoms with E-state index in [1.807, 2.05) is 6.07 Å². The average molecular weight is 390 g/mol. The summed E-state index contributed by atoms with van der Waals surface area (Å²) in [5.41, 5.74) is 1.20. The molecule has 2 aliphatic rings. The Bertz CT molecular complexity index is 975. The molecular formula is C18H18N2O4S2. The summed E-state index contributed by atoms with van der Waals surface area (Å²) >= 11 is 1.63. The highest BCUT2D eigenvalue weighted by atomic mass is 32.2. The summed E-state index contributed by atoms with van der Waals surface area (Å²) in [4.78, 5) is 14.7. The average Bonchev–Trinajstić information content (AvgIpc) is 2.66. The number of rotatable bonds is 2. The fourth-order valence-corrected chi connectivity index (χ4v) is 5.66. The molecule has 0 spiro atoms. The first-order chi connectivity index (χ1) is 12.5. The van der Waals surface area contributed by atoms with Gasteiger partial charge in [-0.05, 0) is 30.3 Å². The molecule has 26 heavy (non-hydrogen) atoms. The first kappa shape index (κ1) is 17.2. The molecule has 2 aromatic rings. The zero-order valence-corrected chi connectivity index (χ0v) is 15.8. The van der Waals surface area contributed by atoms with E-state index in [-0.39, 0.29) is 17.3 Å². The number of carbonyl (C=O) groups is 1. The maximum Gasteiger partial charge on any atom is 0.264 e. The van der Waals surface area contributed by atoms with Crippen LogP contribution in [0.4, 0.5) is 11.4 Å². The van der Waals surface area contributed by atoms with E-state index in [0.29, 0.717) is 30.3 Å². The second kappa shape index (κ2) is 6.51. The van der Waals surface area contributed by atoms with Crippen LogP contribution in [-0.2, 0) is 14.8 Å². The third-order valence-electron chi connectivity index (χ3n) is 4.45. The number of benzene rings is 2. The number of amides is 1. The zero-order chi connectivity index (χ0) is 18.3. The molecule has 0 radical (unpaired) electrons. The molecule has 0 bridgehead atoms. The first-order valence-corrected chi connectivity index (χ1v) is 10.7. The van der Waals surface area contributed by atoms with E-state index < -0.39 is 10.0 Å². The third kappa shape index (κ3) is 2.83. The Kier molecular flexibility index (Phi) is 4.32. The van der Waals surface area contributed by atoms with Gasteiger partial charge in [0.2, 0.25) is 5.91 Å². The SMILES string of the molecule is CC(=O)N1CCSc2ccc(S(=O)(=O)N3CCOc4ccccc43)cc21. The minimum atomic E-state index is -3.75. The van der Waals surface area contributed by atoms with Gasteiger partial charge in [0, 0.05) is 24.1 Å². The van der Waals surface area contributed by atoms with Gasteiger partial charge in [0.15, 0.2) is 0 Å². The summed E-state index contributed by atoms with van der Waals surface area (Å²) in [5.74, 6) is 1.27. The highest BCUT2D eigenvalue weighted by Gasteiger charge is 2.31. The van der Waals surface area contributed by atoms with Gasteiger partial charge in [-0.1, -0.05) is 12.1 Å². The van der Waals surface area contributed by atoms with Crippen LogP contribution in [0.3, 0.4) is 0 Å². The molecule has 6 nitrogen and oxygen atoms in total. The minimum Gasteiger partial charge on any atom is -0.489 e. The molecular weight excluding hydrogens is 372 g/mol. The number of thioether (sulfide) groups is 1. The summed E-state index contributed by atoms with van der Waals surface area (Å²) in [7, 11) is -3.75. The Morgan fingerprint density at radius 2 is 1.92 bits per heavy atom. The van der Waals surface area contributed by atoms with Crippen molar-refractivity contribution in [2.75, 3.05) is 34.7 Å². The van der Waals surface area contributed by atoms with E-state index in [1.54, 1.807) is 53.1 Å². The fourth-order valence-electron chi connectivity index (χ4n) is 3.21. The van der Waals surface area contributed by atoms with Gasteiger partial charge in [-0.3, -0.25) is 9.10 Å². The minimum absolute atomic E-state index is 0.0854. The summed E-state index contributed by atoms with van der Waals surface area (Å²) in [5, 5.41) is 0. The number of anilines is 2. The van der Waals surface area contributed by atoms with Gasteiger partial charge in [-0.2, -0.15) is 0 Å². The Labute approximate surface area is 156 Å². The zero-order valence-electron chi connectivity index (χ0n) is 14.2. The van der Waals surface area contributed by atoms with Crippen LogP contribution in [0.15, 0.2) is 52.3 Å². The number of sulfonamides is 1. The van der Waals surface area contributed by atoms with Crippen molar-refractivity contribution in [3.63, 3.8) is 0 Å². The molecule has 0 aromatic heterocycles. The maximum absolute atomic E-state index is 13.3. The predicted octanol–water partition coefficient (Wildman–Crippen LogP) is 2.73. The van der Waals surface area contributed by atoms with Gasteiger partial charge in [-0.25, -0.2) is 8.42 Å². The number of carbonyl (C=O) groups excluding carboxylic acids is 1. The van der Waals surface area contributed by atoms with Crippen LogP contribution >= 0.6 is 11.8 Å². The van der Waals surface area contributed by atoms with Crippen LogP contribution in [0, 0.1) is 0 Å². The number of hydrogen-bond donors (Lipinski definition) is 0. The lowest BCUT2D eigenvalue weighted by Crippen LogP contribution is -2.38. The molecule has 4 rings (SSSR count). The van der Waals surface area contributed by atoms with E-state index in [1.165, 1.54) is 11.2 Å². The van der Waals surface area contributed by atoms with Crippen LogP contribution in [0.25, 0.3) is 0 Å². The quantitative estimate of drug-likeness (QED) is 0.789. The lowest BCUT2D eigenvalue weighted by molar-refractivity contribution is -0.116. The topological polar surface area (TPSA) is 66.9 Å². The van der Waals surface area contributed by atoms with Gasteiger partial charge in [0.1, 0.15) is 12.4 Å². The molecule has 0 aliphatic carbocycles. The summed E-state index contributed by atoms with van der Waals surface area (Å²) in [6.45, 7) is 2.63. The van der Waals surface area contributed by atoms with E-state index >= 15 is 0 Å². The Morgan fingerprint density at radius 1 is 1.12 bits per heavy atom. The van der Waals surface area contributed by atoms with Crippen molar-refractivity contribution in [2.45, 2.75) is 16.7 Å².